The standard InChI is InChI=1S/C15H20O2/c1-11-15(16,9-10-17-11)14-7-5-13(6-8-14)12-3-2-4-12/h5-8,11-12,16H,2-4,9-10H2,1H3. The van der Waals surface area contributed by atoms with Gasteiger partial charge in [-0.2, -0.15) is 0 Å². The maximum absolute atomic E-state index is 10.6. The summed E-state index contributed by atoms with van der Waals surface area (Å²) in [5.41, 5.74) is 1.65. The van der Waals surface area contributed by atoms with Crippen molar-refractivity contribution < 1.29 is 9.84 Å². The second-order valence-electron chi connectivity index (χ2n) is 5.44. The Morgan fingerprint density at radius 3 is 2.41 bits per heavy atom. The van der Waals surface area contributed by atoms with Crippen LogP contribution < -0.4 is 0 Å². The molecule has 2 aliphatic rings. The molecule has 2 fully saturated rings. The highest BCUT2D eigenvalue weighted by atomic mass is 16.5. The van der Waals surface area contributed by atoms with Crippen molar-refractivity contribution in [2.24, 2.45) is 0 Å². The van der Waals surface area contributed by atoms with Gasteiger partial charge in [0.05, 0.1) is 12.7 Å². The van der Waals surface area contributed by atoms with Crippen LogP contribution in [0.3, 0.4) is 0 Å². The smallest absolute Gasteiger partial charge is 0.118 e. The number of hydrogen-bond acceptors (Lipinski definition) is 2. The van der Waals surface area contributed by atoms with Gasteiger partial charge >= 0.3 is 0 Å². The van der Waals surface area contributed by atoms with Crippen LogP contribution in [0.25, 0.3) is 0 Å². The summed E-state index contributed by atoms with van der Waals surface area (Å²) < 4.78 is 5.48. The number of benzene rings is 1. The van der Waals surface area contributed by atoms with E-state index in [0.29, 0.717) is 13.0 Å². The largest absolute Gasteiger partial charge is 0.382 e. The minimum Gasteiger partial charge on any atom is -0.382 e. The second kappa shape index (κ2) is 4.11. The van der Waals surface area contributed by atoms with Crippen LogP contribution in [0.2, 0.25) is 0 Å². The second-order valence-corrected chi connectivity index (χ2v) is 5.44. The van der Waals surface area contributed by atoms with Crippen LogP contribution in [0.5, 0.6) is 0 Å². The third-order valence-corrected chi connectivity index (χ3v) is 4.51. The van der Waals surface area contributed by atoms with Gasteiger partial charge in [0.2, 0.25) is 0 Å². The molecule has 92 valence electrons. The molecule has 0 bridgehead atoms. The Balaban J connectivity index is 1.83. The van der Waals surface area contributed by atoms with Crippen LogP contribution in [0.15, 0.2) is 24.3 Å². The molecule has 1 aliphatic carbocycles. The highest BCUT2D eigenvalue weighted by molar-refractivity contribution is 5.31. The zero-order valence-electron chi connectivity index (χ0n) is 10.4. The molecular weight excluding hydrogens is 212 g/mol. The molecule has 0 radical (unpaired) electrons. The summed E-state index contributed by atoms with van der Waals surface area (Å²) in [6, 6.07) is 8.53. The molecule has 2 atom stereocenters. The maximum Gasteiger partial charge on any atom is 0.118 e. The summed E-state index contributed by atoms with van der Waals surface area (Å²) in [6.07, 6.45) is 4.61. The van der Waals surface area contributed by atoms with Crippen molar-refractivity contribution >= 4 is 0 Å². The quantitative estimate of drug-likeness (QED) is 0.849. The van der Waals surface area contributed by atoms with Crippen molar-refractivity contribution in [1.82, 2.24) is 0 Å². The fourth-order valence-electron chi connectivity index (χ4n) is 2.90. The van der Waals surface area contributed by atoms with Crippen LogP contribution in [0.1, 0.15) is 49.7 Å². The van der Waals surface area contributed by atoms with Gasteiger partial charge in [0, 0.05) is 6.42 Å². The Bertz CT molecular complexity index is 394. The van der Waals surface area contributed by atoms with Crippen molar-refractivity contribution in [3.8, 4) is 0 Å². The first-order chi connectivity index (χ1) is 8.20. The van der Waals surface area contributed by atoms with Gasteiger partial charge < -0.3 is 9.84 Å². The van der Waals surface area contributed by atoms with E-state index in [9.17, 15) is 5.11 Å². The van der Waals surface area contributed by atoms with Gasteiger partial charge in [-0.05, 0) is 36.8 Å². The van der Waals surface area contributed by atoms with Crippen molar-refractivity contribution in [3.05, 3.63) is 35.4 Å². The zero-order chi connectivity index (χ0) is 11.9. The summed E-state index contributed by atoms with van der Waals surface area (Å²) in [5, 5.41) is 10.6. The highest BCUT2D eigenvalue weighted by Crippen LogP contribution is 2.39. The molecule has 3 rings (SSSR count). The molecule has 1 aromatic rings. The molecule has 1 aliphatic heterocycles. The topological polar surface area (TPSA) is 29.5 Å². The predicted molar refractivity (Wildman–Crippen MR) is 67.0 cm³/mol. The predicted octanol–water partition coefficient (Wildman–Crippen LogP) is 2.95. The van der Waals surface area contributed by atoms with E-state index in [-0.39, 0.29) is 6.10 Å². The molecule has 0 aromatic heterocycles. The SMILES string of the molecule is CC1OCCC1(O)c1ccc(C2CCC2)cc1. The Labute approximate surface area is 103 Å². The molecule has 1 aromatic carbocycles. The lowest BCUT2D eigenvalue weighted by Crippen LogP contribution is -2.33. The molecule has 2 nitrogen and oxygen atoms in total. The molecule has 2 heteroatoms. The van der Waals surface area contributed by atoms with Gasteiger partial charge in [-0.25, -0.2) is 0 Å². The van der Waals surface area contributed by atoms with E-state index in [1.807, 2.05) is 6.92 Å². The summed E-state index contributed by atoms with van der Waals surface area (Å²) in [5.74, 6) is 0.760. The first-order valence-electron chi connectivity index (χ1n) is 6.64. The van der Waals surface area contributed by atoms with E-state index in [4.69, 9.17) is 4.74 Å². The van der Waals surface area contributed by atoms with Gasteiger partial charge in [0.1, 0.15) is 5.60 Å². The number of hydrogen-bond donors (Lipinski definition) is 1. The van der Waals surface area contributed by atoms with Crippen LogP contribution in [0.4, 0.5) is 0 Å². The molecule has 1 heterocycles. The lowest BCUT2D eigenvalue weighted by molar-refractivity contribution is -0.0317. The number of ether oxygens (including phenoxy) is 1. The minimum atomic E-state index is -0.780. The van der Waals surface area contributed by atoms with Crippen LogP contribution in [0, 0.1) is 0 Å². The average Bonchev–Trinajstić information content (AvgIpc) is 2.59. The summed E-state index contributed by atoms with van der Waals surface area (Å²) in [4.78, 5) is 0. The normalized spacial score (nSPS) is 33.6. The Kier molecular flexibility index (Phi) is 2.72. The van der Waals surface area contributed by atoms with Gasteiger partial charge in [-0.1, -0.05) is 30.7 Å². The van der Waals surface area contributed by atoms with E-state index < -0.39 is 5.60 Å². The Hall–Kier alpha value is -0.860. The lowest BCUT2D eigenvalue weighted by Gasteiger charge is -2.29. The molecule has 0 spiro atoms. The number of aliphatic hydroxyl groups is 1. The van der Waals surface area contributed by atoms with Crippen LogP contribution >= 0.6 is 0 Å². The average molecular weight is 232 g/mol. The van der Waals surface area contributed by atoms with E-state index in [0.717, 1.165) is 11.5 Å². The van der Waals surface area contributed by atoms with Gasteiger partial charge in [-0.15, -0.1) is 0 Å². The maximum atomic E-state index is 10.6. The van der Waals surface area contributed by atoms with Crippen molar-refractivity contribution in [2.75, 3.05) is 6.61 Å². The molecule has 0 amide bonds. The van der Waals surface area contributed by atoms with Gasteiger partial charge in [0.25, 0.3) is 0 Å². The van der Waals surface area contributed by atoms with E-state index >= 15 is 0 Å². The van der Waals surface area contributed by atoms with E-state index in [2.05, 4.69) is 24.3 Å². The molecule has 1 N–H and O–H groups in total. The molecular formula is C15H20O2. The third-order valence-electron chi connectivity index (χ3n) is 4.51. The monoisotopic (exact) mass is 232 g/mol. The van der Waals surface area contributed by atoms with Gasteiger partial charge in [0.15, 0.2) is 0 Å². The first kappa shape index (κ1) is 11.2. The Morgan fingerprint density at radius 1 is 1.24 bits per heavy atom. The van der Waals surface area contributed by atoms with Crippen molar-refractivity contribution in [1.29, 1.82) is 0 Å². The highest BCUT2D eigenvalue weighted by Gasteiger charge is 2.41. The molecule has 1 saturated carbocycles. The fraction of sp³-hybridized carbons (Fsp3) is 0.600. The van der Waals surface area contributed by atoms with E-state index in [1.165, 1.54) is 24.8 Å². The minimum absolute atomic E-state index is 0.1000. The first-order valence-corrected chi connectivity index (χ1v) is 6.64. The third kappa shape index (κ3) is 1.80. The summed E-state index contributed by atoms with van der Waals surface area (Å²) in [7, 11) is 0. The summed E-state index contributed by atoms with van der Waals surface area (Å²) >= 11 is 0. The van der Waals surface area contributed by atoms with Crippen LogP contribution in [-0.2, 0) is 10.3 Å². The van der Waals surface area contributed by atoms with Crippen molar-refractivity contribution in [2.45, 2.75) is 50.2 Å². The lowest BCUT2D eigenvalue weighted by atomic mass is 9.79. The molecule has 2 unspecified atom stereocenters. The van der Waals surface area contributed by atoms with Crippen LogP contribution in [-0.4, -0.2) is 17.8 Å². The Morgan fingerprint density at radius 2 is 1.94 bits per heavy atom. The van der Waals surface area contributed by atoms with E-state index in [1.54, 1.807) is 0 Å². The molecule has 17 heavy (non-hydrogen) atoms. The molecule has 1 saturated heterocycles. The number of rotatable bonds is 2. The zero-order valence-corrected chi connectivity index (χ0v) is 10.4. The summed E-state index contributed by atoms with van der Waals surface area (Å²) in [6.45, 7) is 2.61. The fourth-order valence-corrected chi connectivity index (χ4v) is 2.90. The van der Waals surface area contributed by atoms with Gasteiger partial charge in [-0.3, -0.25) is 0 Å². The van der Waals surface area contributed by atoms with Crippen molar-refractivity contribution in [3.63, 3.8) is 0 Å².